The largest absolute Gasteiger partial charge is 0.326 e. The zero-order valence-electron chi connectivity index (χ0n) is 20.1. The van der Waals surface area contributed by atoms with Crippen LogP contribution in [-0.4, -0.2) is 29.2 Å². The highest BCUT2D eigenvalue weighted by Gasteiger charge is 2.72. The molecule has 4 aliphatic rings. The Morgan fingerprint density at radius 2 is 1.32 bits per heavy atom. The second-order valence-electron chi connectivity index (χ2n) is 10.0. The fourth-order valence-corrected chi connectivity index (χ4v) is 7.84. The molecule has 1 heterocycles. The molecule has 1 aliphatic heterocycles. The van der Waals surface area contributed by atoms with E-state index in [1.54, 1.807) is 0 Å². The van der Waals surface area contributed by atoms with E-state index >= 15 is 0 Å². The van der Waals surface area contributed by atoms with Crippen molar-refractivity contribution >= 4 is 62.5 Å². The van der Waals surface area contributed by atoms with E-state index < -0.39 is 21.6 Å². The number of aryl methyl sites for hydroxylation is 2. The fraction of sp³-hybridized carbons (Fsp3) is 0.276. The van der Waals surface area contributed by atoms with Crippen molar-refractivity contribution in [3.05, 3.63) is 98.5 Å². The summed E-state index contributed by atoms with van der Waals surface area (Å²) in [5.41, 5.74) is 5.63. The van der Waals surface area contributed by atoms with Crippen LogP contribution in [-0.2, 0) is 24.1 Å². The lowest BCUT2D eigenvalue weighted by molar-refractivity contribution is -0.140. The van der Waals surface area contributed by atoms with E-state index in [2.05, 4.69) is 21.2 Å². The monoisotopic (exact) mass is 596 g/mol. The van der Waals surface area contributed by atoms with Crippen molar-refractivity contribution in [2.75, 3.05) is 11.9 Å². The maximum absolute atomic E-state index is 13.8. The maximum Gasteiger partial charge on any atom is 0.235 e. The second-order valence-corrected chi connectivity index (χ2v) is 12.1. The molecule has 2 atom stereocenters. The van der Waals surface area contributed by atoms with Crippen LogP contribution in [0.5, 0.6) is 0 Å². The first kappa shape index (κ1) is 24.7. The number of alkyl halides is 2. The Morgan fingerprint density at radius 3 is 1.78 bits per heavy atom. The summed E-state index contributed by atoms with van der Waals surface area (Å²) in [7, 11) is 0. The molecule has 188 valence electrons. The van der Waals surface area contributed by atoms with Crippen LogP contribution in [0.4, 0.5) is 5.69 Å². The van der Waals surface area contributed by atoms with Gasteiger partial charge in [0.15, 0.2) is 0 Å². The molecule has 3 aromatic carbocycles. The molecule has 7 rings (SSSR count). The fourth-order valence-electron chi connectivity index (χ4n) is 6.29. The Kier molecular flexibility index (Phi) is 5.61. The van der Waals surface area contributed by atoms with Crippen LogP contribution in [0, 0.1) is 25.7 Å². The standard InChI is InChI=1S/C29H23BrCl2N2O3/c1-15-14-22(16(2)13-21(15)30)33-23(35)11-12-34-26(36)24-25(27(34)37)29(32)18-8-4-3-7-17(18)28(24,31)19-9-5-6-10-20(19)29/h3-10,13-14,24-25H,11-12H2,1-2H3,(H,33,35)/t24-,25-,28?,29?/m0/s1. The van der Waals surface area contributed by atoms with Crippen molar-refractivity contribution < 1.29 is 14.4 Å². The quantitative estimate of drug-likeness (QED) is 0.297. The highest BCUT2D eigenvalue weighted by molar-refractivity contribution is 9.10. The number of carbonyl (C=O) groups is 3. The smallest absolute Gasteiger partial charge is 0.235 e. The number of halogens is 3. The molecule has 5 nitrogen and oxygen atoms in total. The summed E-state index contributed by atoms with van der Waals surface area (Å²) in [5, 5.41) is 2.91. The summed E-state index contributed by atoms with van der Waals surface area (Å²) < 4.78 is 0.959. The maximum atomic E-state index is 13.8. The molecule has 1 saturated heterocycles. The molecule has 0 spiro atoms. The number of hydrogen-bond acceptors (Lipinski definition) is 3. The highest BCUT2D eigenvalue weighted by Crippen LogP contribution is 2.69. The van der Waals surface area contributed by atoms with Gasteiger partial charge in [-0.05, 0) is 59.4 Å². The SMILES string of the molecule is Cc1cc(NC(=O)CCN2C(=O)[C@@H]3[C@@H](C2=O)C2(Cl)c4ccccc4C3(Cl)c3ccccc32)c(C)cc1Br. The highest BCUT2D eigenvalue weighted by atomic mass is 79.9. The number of nitrogens with one attached hydrogen (secondary N) is 1. The molecule has 1 N–H and O–H groups in total. The van der Waals surface area contributed by atoms with Crippen molar-refractivity contribution in [3.63, 3.8) is 0 Å². The van der Waals surface area contributed by atoms with E-state index in [0.29, 0.717) is 5.69 Å². The van der Waals surface area contributed by atoms with Gasteiger partial charge in [-0.1, -0.05) is 64.5 Å². The van der Waals surface area contributed by atoms with Crippen molar-refractivity contribution in [1.82, 2.24) is 4.90 Å². The molecule has 2 bridgehead atoms. The van der Waals surface area contributed by atoms with Crippen LogP contribution in [0.1, 0.15) is 39.8 Å². The van der Waals surface area contributed by atoms with Crippen LogP contribution in [0.15, 0.2) is 65.1 Å². The zero-order valence-corrected chi connectivity index (χ0v) is 23.2. The molecule has 1 fully saturated rings. The van der Waals surface area contributed by atoms with Gasteiger partial charge >= 0.3 is 0 Å². The Bertz CT molecular complexity index is 1400. The first-order valence-electron chi connectivity index (χ1n) is 12.1. The normalized spacial score (nSPS) is 27.1. The van der Waals surface area contributed by atoms with Gasteiger partial charge in [0, 0.05) is 23.1 Å². The third-order valence-electron chi connectivity index (χ3n) is 8.02. The first-order valence-corrected chi connectivity index (χ1v) is 13.6. The molecule has 8 heteroatoms. The lowest BCUT2D eigenvalue weighted by atomic mass is 9.54. The van der Waals surface area contributed by atoms with Crippen LogP contribution in [0.3, 0.4) is 0 Å². The summed E-state index contributed by atoms with van der Waals surface area (Å²) in [6.07, 6.45) is -0.0318. The number of hydrogen-bond donors (Lipinski definition) is 1. The van der Waals surface area contributed by atoms with Crippen LogP contribution in [0.25, 0.3) is 0 Å². The number of likely N-dealkylation sites (tertiary alicyclic amines) is 1. The van der Waals surface area contributed by atoms with Gasteiger partial charge in [0.05, 0.1) is 11.8 Å². The lowest BCUT2D eigenvalue weighted by Crippen LogP contribution is -2.57. The number of carbonyl (C=O) groups excluding carboxylic acids is 3. The number of nitrogens with zero attached hydrogens (tertiary/aromatic N) is 1. The second kappa shape index (κ2) is 8.42. The van der Waals surface area contributed by atoms with E-state index in [1.807, 2.05) is 74.5 Å². The lowest BCUT2D eigenvalue weighted by Gasteiger charge is -2.54. The Balaban J connectivity index is 1.32. The van der Waals surface area contributed by atoms with E-state index in [1.165, 1.54) is 4.90 Å². The number of amides is 3. The first-order chi connectivity index (χ1) is 17.6. The Morgan fingerprint density at radius 1 is 0.865 bits per heavy atom. The van der Waals surface area contributed by atoms with Crippen LogP contribution in [0.2, 0.25) is 0 Å². The predicted molar refractivity (Wildman–Crippen MR) is 147 cm³/mol. The summed E-state index contributed by atoms with van der Waals surface area (Å²) in [4.78, 5) is 39.3. The third-order valence-corrected chi connectivity index (χ3v) is 10.2. The Labute approximate surface area is 233 Å². The minimum Gasteiger partial charge on any atom is -0.326 e. The summed E-state index contributed by atoms with van der Waals surface area (Å²) in [6, 6.07) is 18.9. The molecule has 37 heavy (non-hydrogen) atoms. The molecule has 0 saturated carbocycles. The molecular weight excluding hydrogens is 575 g/mol. The van der Waals surface area contributed by atoms with E-state index in [9.17, 15) is 14.4 Å². The average molecular weight is 598 g/mol. The van der Waals surface area contributed by atoms with Crippen molar-refractivity contribution in [3.8, 4) is 0 Å². The Hall–Kier alpha value is -2.67. The molecule has 3 aromatic rings. The van der Waals surface area contributed by atoms with Gasteiger partial charge < -0.3 is 5.32 Å². The van der Waals surface area contributed by atoms with Crippen molar-refractivity contribution in [1.29, 1.82) is 0 Å². The van der Waals surface area contributed by atoms with E-state index in [4.69, 9.17) is 23.2 Å². The van der Waals surface area contributed by atoms with Crippen LogP contribution >= 0.6 is 39.1 Å². The minimum atomic E-state index is -1.22. The van der Waals surface area contributed by atoms with Gasteiger partial charge in [-0.15, -0.1) is 23.2 Å². The van der Waals surface area contributed by atoms with Gasteiger partial charge in [0.25, 0.3) is 0 Å². The predicted octanol–water partition coefficient (Wildman–Crippen LogP) is 5.99. The number of rotatable bonds is 4. The molecule has 0 aromatic heterocycles. The molecule has 3 aliphatic carbocycles. The summed E-state index contributed by atoms with van der Waals surface area (Å²) in [6.45, 7) is 3.80. The van der Waals surface area contributed by atoms with Gasteiger partial charge in [-0.3, -0.25) is 19.3 Å². The van der Waals surface area contributed by atoms with E-state index in [-0.39, 0.29) is 30.7 Å². The van der Waals surface area contributed by atoms with Gasteiger partial charge in [0.1, 0.15) is 9.75 Å². The van der Waals surface area contributed by atoms with Gasteiger partial charge in [0.2, 0.25) is 17.7 Å². The number of imide groups is 1. The average Bonchev–Trinajstić information content (AvgIpc) is 3.15. The minimum absolute atomic E-state index is 0.0318. The molecular formula is C29H23BrCl2N2O3. The summed E-state index contributed by atoms with van der Waals surface area (Å²) in [5.74, 6) is -2.77. The molecule has 0 unspecified atom stereocenters. The van der Waals surface area contributed by atoms with Crippen molar-refractivity contribution in [2.45, 2.75) is 30.0 Å². The topological polar surface area (TPSA) is 66.5 Å². The third kappa shape index (κ3) is 3.25. The zero-order chi connectivity index (χ0) is 26.3. The number of anilines is 1. The van der Waals surface area contributed by atoms with Crippen molar-refractivity contribution in [2.24, 2.45) is 11.8 Å². The molecule has 3 amide bonds. The number of benzene rings is 3. The van der Waals surface area contributed by atoms with Gasteiger partial charge in [-0.25, -0.2) is 0 Å². The van der Waals surface area contributed by atoms with Crippen LogP contribution < -0.4 is 5.32 Å². The van der Waals surface area contributed by atoms with Gasteiger partial charge in [-0.2, -0.15) is 0 Å². The van der Waals surface area contributed by atoms with E-state index in [0.717, 1.165) is 37.9 Å². The summed E-state index contributed by atoms with van der Waals surface area (Å²) >= 11 is 18.3. The molecule has 0 radical (unpaired) electrons.